The van der Waals surface area contributed by atoms with Gasteiger partial charge in [-0.3, -0.25) is 4.79 Å². The first-order valence-electron chi connectivity index (χ1n) is 9.78. The Labute approximate surface area is 180 Å². The minimum Gasteiger partial charge on any atom is -0.477 e. The van der Waals surface area contributed by atoms with Crippen molar-refractivity contribution < 1.29 is 23.1 Å². The van der Waals surface area contributed by atoms with Gasteiger partial charge in [-0.05, 0) is 24.3 Å². The maximum absolute atomic E-state index is 13.4. The van der Waals surface area contributed by atoms with Gasteiger partial charge in [-0.15, -0.1) is 0 Å². The van der Waals surface area contributed by atoms with Gasteiger partial charge in [0.15, 0.2) is 0 Å². The molecule has 1 aromatic carbocycles. The first-order valence-corrected chi connectivity index (χ1v) is 9.78. The van der Waals surface area contributed by atoms with Crippen LogP contribution >= 0.6 is 0 Å². The van der Waals surface area contributed by atoms with Crippen LogP contribution in [0.2, 0.25) is 0 Å². The van der Waals surface area contributed by atoms with E-state index < -0.39 is 23.1 Å². The predicted octanol–water partition coefficient (Wildman–Crippen LogP) is 3.54. The normalized spacial score (nSPS) is 14.6. The van der Waals surface area contributed by atoms with Crippen molar-refractivity contribution in [1.29, 1.82) is 0 Å². The number of para-hydroxylation sites is 1. The number of nitrogens with zero attached hydrogens (tertiary/aromatic N) is 4. The summed E-state index contributed by atoms with van der Waals surface area (Å²) in [6, 6.07) is 8.63. The number of alkyl halides is 3. The van der Waals surface area contributed by atoms with Crippen LogP contribution in [0.4, 0.5) is 24.7 Å². The Hall–Kier alpha value is -3.82. The number of benzene rings is 1. The highest BCUT2D eigenvalue weighted by Gasteiger charge is 2.35. The summed E-state index contributed by atoms with van der Waals surface area (Å²) in [6.07, 6.45) is -1.91. The molecule has 0 bridgehead atoms. The van der Waals surface area contributed by atoms with Gasteiger partial charge in [0.1, 0.15) is 17.0 Å². The van der Waals surface area contributed by atoms with E-state index in [-0.39, 0.29) is 22.3 Å². The molecular formula is C22H19F3N4O3. The summed E-state index contributed by atoms with van der Waals surface area (Å²) >= 11 is 0. The molecule has 3 aromatic rings. The van der Waals surface area contributed by atoms with Crippen molar-refractivity contribution in [3.8, 4) is 0 Å². The fourth-order valence-corrected chi connectivity index (χ4v) is 3.85. The quantitative estimate of drug-likeness (QED) is 0.663. The number of hydrogen-bond donors (Lipinski definition) is 1. The van der Waals surface area contributed by atoms with Crippen LogP contribution < -0.4 is 15.2 Å². The molecule has 1 saturated heterocycles. The molecule has 32 heavy (non-hydrogen) atoms. The molecule has 1 N–H and O–H groups in total. The third kappa shape index (κ3) is 3.79. The predicted molar refractivity (Wildman–Crippen MR) is 115 cm³/mol. The molecule has 1 fully saturated rings. The van der Waals surface area contributed by atoms with Crippen molar-refractivity contribution in [2.45, 2.75) is 6.18 Å². The number of aromatic carboxylic acids is 1. The van der Waals surface area contributed by atoms with E-state index >= 15 is 0 Å². The van der Waals surface area contributed by atoms with Gasteiger partial charge in [-0.2, -0.15) is 13.2 Å². The Kier molecular flexibility index (Phi) is 5.37. The molecule has 3 heterocycles. The Morgan fingerprint density at radius 3 is 2.34 bits per heavy atom. The van der Waals surface area contributed by atoms with Crippen LogP contribution in [0.15, 0.2) is 54.0 Å². The second-order valence-corrected chi connectivity index (χ2v) is 7.30. The summed E-state index contributed by atoms with van der Waals surface area (Å²) in [6.45, 7) is 5.21. The standard InChI is InChI=1S/C22H19F3N4O3/c1-2-27-13-15(21(31)32)19(30)14-7-8-18(26-20(14)27)29-11-9-28(10-12-29)17-6-4-3-5-16(17)22(23,24)25/h2-8,13H,1,9-12H2,(H,31,32). The zero-order valence-electron chi connectivity index (χ0n) is 16.8. The maximum Gasteiger partial charge on any atom is 0.418 e. The molecule has 0 atom stereocenters. The lowest BCUT2D eigenvalue weighted by atomic mass is 10.1. The molecule has 166 valence electrons. The summed E-state index contributed by atoms with van der Waals surface area (Å²) in [7, 11) is 0. The number of carbonyl (C=O) groups is 1. The molecule has 0 saturated carbocycles. The SMILES string of the molecule is C=Cn1cc(C(=O)O)c(=O)c2ccc(N3CCN(c4ccccc4C(F)(F)F)CC3)nc21. The second kappa shape index (κ2) is 8.03. The average molecular weight is 444 g/mol. The number of aromatic nitrogens is 2. The van der Waals surface area contributed by atoms with Gasteiger partial charge in [-0.1, -0.05) is 18.7 Å². The van der Waals surface area contributed by atoms with E-state index in [1.165, 1.54) is 35.2 Å². The van der Waals surface area contributed by atoms with Gasteiger partial charge in [0, 0.05) is 44.3 Å². The van der Waals surface area contributed by atoms with Crippen LogP contribution in [0.1, 0.15) is 15.9 Å². The van der Waals surface area contributed by atoms with E-state index in [0.29, 0.717) is 32.0 Å². The van der Waals surface area contributed by atoms with Gasteiger partial charge in [0.2, 0.25) is 5.43 Å². The van der Waals surface area contributed by atoms with Crippen LogP contribution in [0.3, 0.4) is 0 Å². The van der Waals surface area contributed by atoms with Crippen LogP contribution in [-0.2, 0) is 6.18 Å². The highest BCUT2D eigenvalue weighted by molar-refractivity contribution is 5.92. The molecule has 0 spiro atoms. The Morgan fingerprint density at radius 1 is 1.06 bits per heavy atom. The van der Waals surface area contributed by atoms with Crippen LogP contribution in [0.25, 0.3) is 17.2 Å². The van der Waals surface area contributed by atoms with Gasteiger partial charge in [0.25, 0.3) is 0 Å². The van der Waals surface area contributed by atoms with Crippen LogP contribution in [0.5, 0.6) is 0 Å². The number of anilines is 2. The number of hydrogen-bond acceptors (Lipinski definition) is 5. The molecule has 4 rings (SSSR count). The Bertz CT molecular complexity index is 1260. The number of rotatable bonds is 4. The molecule has 2 aromatic heterocycles. The highest BCUT2D eigenvalue weighted by Crippen LogP contribution is 2.36. The lowest BCUT2D eigenvalue weighted by Crippen LogP contribution is -2.47. The molecule has 1 aliphatic heterocycles. The van der Waals surface area contributed by atoms with Crippen molar-refractivity contribution in [2.75, 3.05) is 36.0 Å². The molecule has 0 radical (unpaired) electrons. The number of fused-ring (bicyclic) bond motifs is 1. The third-order valence-corrected chi connectivity index (χ3v) is 5.44. The first-order chi connectivity index (χ1) is 15.2. The monoisotopic (exact) mass is 444 g/mol. The Balaban J connectivity index is 1.62. The van der Waals surface area contributed by atoms with E-state index in [1.807, 2.05) is 4.90 Å². The summed E-state index contributed by atoms with van der Waals surface area (Å²) in [5, 5.41) is 9.39. The van der Waals surface area contributed by atoms with E-state index in [0.717, 1.165) is 6.07 Å². The molecule has 10 heteroatoms. The fraction of sp³-hybridized carbons (Fsp3) is 0.227. The number of carboxylic acid groups (broad SMARTS) is 1. The molecule has 0 amide bonds. The number of pyridine rings is 2. The minimum atomic E-state index is -4.43. The maximum atomic E-state index is 13.4. The van der Waals surface area contributed by atoms with E-state index in [4.69, 9.17) is 0 Å². The van der Waals surface area contributed by atoms with Crippen molar-refractivity contribution in [3.63, 3.8) is 0 Å². The number of carboxylic acids is 1. The summed E-state index contributed by atoms with van der Waals surface area (Å²) in [4.78, 5) is 31.9. The smallest absolute Gasteiger partial charge is 0.418 e. The van der Waals surface area contributed by atoms with Crippen molar-refractivity contribution >= 4 is 34.7 Å². The zero-order valence-corrected chi connectivity index (χ0v) is 16.8. The number of halogens is 3. The molecule has 7 nitrogen and oxygen atoms in total. The summed E-state index contributed by atoms with van der Waals surface area (Å²) in [5.74, 6) is -0.800. The largest absolute Gasteiger partial charge is 0.477 e. The van der Waals surface area contributed by atoms with Crippen molar-refractivity contribution in [3.05, 3.63) is 70.5 Å². The molecular weight excluding hydrogens is 425 g/mol. The van der Waals surface area contributed by atoms with Crippen molar-refractivity contribution in [2.24, 2.45) is 0 Å². The third-order valence-electron chi connectivity index (χ3n) is 5.44. The molecule has 0 unspecified atom stereocenters. The average Bonchev–Trinajstić information content (AvgIpc) is 2.78. The zero-order chi connectivity index (χ0) is 23.0. The molecule has 0 aliphatic carbocycles. The molecule has 1 aliphatic rings. The number of piperazine rings is 1. The Morgan fingerprint density at radius 2 is 1.72 bits per heavy atom. The van der Waals surface area contributed by atoms with Crippen molar-refractivity contribution in [1.82, 2.24) is 9.55 Å². The topological polar surface area (TPSA) is 78.7 Å². The first kappa shape index (κ1) is 21.4. The van der Waals surface area contributed by atoms with Crippen LogP contribution in [0, 0.1) is 0 Å². The second-order valence-electron chi connectivity index (χ2n) is 7.30. The van der Waals surface area contributed by atoms with E-state index in [2.05, 4.69) is 11.6 Å². The minimum absolute atomic E-state index is 0.145. The summed E-state index contributed by atoms with van der Waals surface area (Å²) in [5.41, 5.74) is -1.28. The highest BCUT2D eigenvalue weighted by atomic mass is 19.4. The van der Waals surface area contributed by atoms with Gasteiger partial charge in [0.05, 0.1) is 10.9 Å². The lowest BCUT2D eigenvalue weighted by molar-refractivity contribution is -0.137. The van der Waals surface area contributed by atoms with Crippen LogP contribution in [-0.4, -0.2) is 46.8 Å². The lowest BCUT2D eigenvalue weighted by Gasteiger charge is -2.37. The van der Waals surface area contributed by atoms with Gasteiger partial charge in [-0.25, -0.2) is 9.78 Å². The van der Waals surface area contributed by atoms with Gasteiger partial charge >= 0.3 is 12.1 Å². The fourth-order valence-electron chi connectivity index (χ4n) is 3.85. The van der Waals surface area contributed by atoms with E-state index in [9.17, 15) is 27.9 Å². The summed E-state index contributed by atoms with van der Waals surface area (Å²) < 4.78 is 41.4. The van der Waals surface area contributed by atoms with Gasteiger partial charge < -0.3 is 19.5 Å². The van der Waals surface area contributed by atoms with E-state index in [1.54, 1.807) is 17.0 Å².